The molecule has 3 aliphatic rings. The fourth-order valence-corrected chi connectivity index (χ4v) is 13.8. The first kappa shape index (κ1) is 58.6. The van der Waals surface area contributed by atoms with E-state index in [1.165, 1.54) is 87.8 Å². The highest BCUT2D eigenvalue weighted by molar-refractivity contribution is 7.20. The van der Waals surface area contributed by atoms with E-state index in [0.29, 0.717) is 33.4 Å². The van der Waals surface area contributed by atoms with Crippen LogP contribution in [0.25, 0.3) is 30.6 Å². The van der Waals surface area contributed by atoms with E-state index in [1.807, 2.05) is 66.7 Å². The van der Waals surface area contributed by atoms with Gasteiger partial charge >= 0.3 is 0 Å². The highest BCUT2D eigenvalue weighted by atomic mass is 32.1. The number of rotatable bonds is 20. The first-order valence-corrected chi connectivity index (χ1v) is 31.3. The molecule has 0 bridgehead atoms. The average molecular weight is 1130 g/mol. The predicted octanol–water partition coefficient (Wildman–Crippen LogP) is 17.5. The minimum Gasteiger partial charge on any atom is -0.431 e. The van der Waals surface area contributed by atoms with Crippen LogP contribution in [-0.4, -0.2) is 92.3 Å². The molecule has 80 heavy (non-hydrogen) atoms. The molecule has 3 aliphatic heterocycles. The number of para-hydroxylation sites is 3. The minimum absolute atomic E-state index is 0. The number of benzene rings is 6. The summed E-state index contributed by atoms with van der Waals surface area (Å²) in [7, 11) is 0. The highest BCUT2D eigenvalue weighted by Gasteiger charge is 2.31. The van der Waals surface area contributed by atoms with Crippen molar-refractivity contribution in [3.63, 3.8) is 0 Å². The molecule has 420 valence electrons. The van der Waals surface area contributed by atoms with Gasteiger partial charge in [-0.2, -0.15) is 0 Å². The largest absolute Gasteiger partial charge is 0.431 e. The molecule has 0 aliphatic carbocycles. The van der Waals surface area contributed by atoms with Crippen molar-refractivity contribution in [3.05, 3.63) is 162 Å². The van der Waals surface area contributed by atoms with Gasteiger partial charge in [-0.05, 0) is 226 Å². The number of hydrogen-bond donors (Lipinski definition) is 0. The van der Waals surface area contributed by atoms with Gasteiger partial charge in [-0.3, -0.25) is 9.69 Å². The van der Waals surface area contributed by atoms with Gasteiger partial charge < -0.3 is 24.0 Å². The lowest BCUT2D eigenvalue weighted by atomic mass is 10.0. The van der Waals surface area contributed by atoms with Crippen LogP contribution in [0.3, 0.4) is 0 Å². The van der Waals surface area contributed by atoms with Crippen molar-refractivity contribution in [2.75, 3.05) is 32.7 Å². The molecule has 0 amide bonds. The summed E-state index contributed by atoms with van der Waals surface area (Å²) in [6.07, 6.45) is 15.6. The molecule has 0 spiro atoms. The van der Waals surface area contributed by atoms with Crippen LogP contribution >= 0.6 is 34.0 Å². The molecule has 3 aromatic heterocycles. The molecule has 3 fully saturated rings. The molecule has 0 radical (unpaired) electrons. The van der Waals surface area contributed by atoms with Gasteiger partial charge in [-0.15, -0.1) is 0 Å². The number of Topliss-reactive ketones (excluding diaryl/α,β-unsaturated/α-hetero) is 1. The Morgan fingerprint density at radius 3 is 1.26 bits per heavy atom. The van der Waals surface area contributed by atoms with Gasteiger partial charge in [0.05, 0.1) is 36.7 Å². The molecule has 4 atom stereocenters. The van der Waals surface area contributed by atoms with Gasteiger partial charge in [0.1, 0.15) is 23.0 Å². The molecule has 0 N–H and O–H groups in total. The van der Waals surface area contributed by atoms with Crippen LogP contribution in [-0.2, 0) is 24.1 Å². The maximum atomic E-state index is 11.8. The van der Waals surface area contributed by atoms with Crippen LogP contribution in [0.1, 0.15) is 116 Å². The van der Waals surface area contributed by atoms with Crippen molar-refractivity contribution in [3.8, 4) is 32.8 Å². The molecule has 0 saturated carbocycles. The maximum absolute atomic E-state index is 11.8. The standard InChI is InChI=1S/C23H26N2O2S.C22H26N2OS.C21H24N2OS.CH4/c1-16(25-15-5-7-21(25)17(2)26)9-10-18-11-13-19(14-12-18)27-23-24-20-6-3-4-8-22(20)28-23;1-2-18(24-15-5-6-16-24)12-9-17-10-13-19(14-11-17)25-22-23-20-7-3-4-8-21(20)26-22;1-16(23-14-4-5-15-23)8-9-17-10-12-18(13-11-17)24-21-22-19-6-2-3-7-20(19)25-21;/h3-4,6,8,11-14,16,21H,5,7,9-10,15H2,1-2H3;3-4,7-8,10-11,13-14,18H,2,5-6,9,12,15-16H2,1H3;2-3,6-7,10-13,16H,4-5,8-9,14-15H2,1H3;1H4. The number of ether oxygens (including phenoxy) is 3. The van der Waals surface area contributed by atoms with E-state index in [9.17, 15) is 4.79 Å². The number of likely N-dealkylation sites (tertiary alicyclic amines) is 3. The summed E-state index contributed by atoms with van der Waals surface area (Å²) in [5.74, 6) is 2.84. The molecule has 9 aromatic rings. The van der Waals surface area contributed by atoms with Crippen LogP contribution in [0.2, 0.25) is 0 Å². The van der Waals surface area contributed by atoms with Crippen molar-refractivity contribution in [2.45, 2.75) is 143 Å². The average Bonchev–Trinajstić information content (AvgIpc) is 4.40. The fraction of sp³-hybridized carbons (Fsp3) is 0.403. The van der Waals surface area contributed by atoms with E-state index in [4.69, 9.17) is 14.2 Å². The van der Waals surface area contributed by atoms with Gasteiger partial charge in [0.2, 0.25) is 0 Å². The Morgan fingerprint density at radius 2 is 0.875 bits per heavy atom. The number of thiazole rings is 3. The summed E-state index contributed by atoms with van der Waals surface area (Å²) >= 11 is 4.74. The highest BCUT2D eigenvalue weighted by Crippen LogP contribution is 2.35. The molecule has 6 aromatic carbocycles. The van der Waals surface area contributed by atoms with Crippen LogP contribution in [0.5, 0.6) is 32.8 Å². The van der Waals surface area contributed by atoms with Crippen molar-refractivity contribution in [1.29, 1.82) is 0 Å². The lowest BCUT2D eigenvalue weighted by Gasteiger charge is -2.29. The second kappa shape index (κ2) is 29.1. The van der Waals surface area contributed by atoms with Gasteiger partial charge in [0.25, 0.3) is 15.6 Å². The van der Waals surface area contributed by atoms with Gasteiger partial charge in [0.15, 0.2) is 0 Å². The van der Waals surface area contributed by atoms with Crippen molar-refractivity contribution in [1.82, 2.24) is 29.7 Å². The zero-order chi connectivity index (χ0) is 54.3. The molecule has 4 unspecified atom stereocenters. The van der Waals surface area contributed by atoms with Crippen molar-refractivity contribution >= 4 is 70.4 Å². The lowest BCUT2D eigenvalue weighted by Crippen LogP contribution is -2.41. The predicted molar refractivity (Wildman–Crippen MR) is 335 cm³/mol. The van der Waals surface area contributed by atoms with E-state index < -0.39 is 0 Å². The van der Waals surface area contributed by atoms with Crippen LogP contribution in [0, 0.1) is 0 Å². The van der Waals surface area contributed by atoms with E-state index in [0.717, 1.165) is 99.0 Å². The number of nitrogens with zero attached hydrogens (tertiary/aromatic N) is 6. The number of fused-ring (bicyclic) bond motifs is 3. The number of ketones is 1. The van der Waals surface area contributed by atoms with Gasteiger partial charge in [0, 0.05) is 18.1 Å². The molecule has 3 saturated heterocycles. The van der Waals surface area contributed by atoms with E-state index in [1.54, 1.807) is 40.9 Å². The van der Waals surface area contributed by atoms with E-state index in [-0.39, 0.29) is 13.5 Å². The molecule has 6 heterocycles. The fourth-order valence-electron chi connectivity index (χ4n) is 11.3. The summed E-state index contributed by atoms with van der Waals surface area (Å²) in [5, 5.41) is 2.09. The Morgan fingerprint density at radius 1 is 0.500 bits per heavy atom. The Kier molecular flexibility index (Phi) is 21.3. The molecule has 12 rings (SSSR count). The third-order valence-electron chi connectivity index (χ3n) is 15.9. The monoisotopic (exact) mass is 1130 g/mol. The molecular weight excluding hydrogens is 1050 g/mol. The summed E-state index contributed by atoms with van der Waals surface area (Å²) < 4.78 is 21.2. The van der Waals surface area contributed by atoms with Crippen LogP contribution in [0.15, 0.2) is 146 Å². The second-order valence-corrected chi connectivity index (χ2v) is 24.4. The SMILES string of the molecule is C.CC(=O)C1CCCN1C(C)CCc1ccc(Oc2nc3ccccc3s2)cc1.CC(CCc1ccc(Oc2nc3ccccc3s2)cc1)N1CCCC1.CCC(CCc1ccc(Oc2nc3ccccc3s2)cc1)N1CCCC1. The number of carbonyl (C=O) groups is 1. The molecule has 10 nitrogen and oxygen atoms in total. The third kappa shape index (κ3) is 16.1. The number of hydrogen-bond acceptors (Lipinski definition) is 13. The lowest BCUT2D eigenvalue weighted by molar-refractivity contribution is -0.121. The zero-order valence-corrected chi connectivity index (χ0v) is 48.9. The van der Waals surface area contributed by atoms with E-state index >= 15 is 0 Å². The third-order valence-corrected chi connectivity index (χ3v) is 18.6. The molecule has 13 heteroatoms. The Labute approximate surface area is 486 Å². The Hall–Kier alpha value is -6.06. The van der Waals surface area contributed by atoms with Gasteiger partial charge in [-0.25, -0.2) is 15.0 Å². The number of carbonyl (C=O) groups excluding carboxylic acids is 1. The smallest absolute Gasteiger partial charge is 0.279 e. The maximum Gasteiger partial charge on any atom is 0.279 e. The van der Waals surface area contributed by atoms with Crippen molar-refractivity contribution < 1.29 is 19.0 Å². The Bertz CT molecular complexity index is 3210. The zero-order valence-electron chi connectivity index (χ0n) is 46.4. The second-order valence-electron chi connectivity index (χ2n) is 21.4. The molecular formula is C67H80N6O4S3. The van der Waals surface area contributed by atoms with Crippen LogP contribution in [0.4, 0.5) is 0 Å². The summed E-state index contributed by atoms with van der Waals surface area (Å²) in [6.45, 7) is 14.8. The number of aryl methyl sites for hydroxylation is 3. The Balaban J connectivity index is 0.000000145. The first-order valence-electron chi connectivity index (χ1n) is 28.8. The normalized spacial score (nSPS) is 16.8. The first-order chi connectivity index (χ1) is 38.7. The van der Waals surface area contributed by atoms with Gasteiger partial charge in [-0.1, -0.05) is 121 Å². The van der Waals surface area contributed by atoms with Crippen molar-refractivity contribution in [2.24, 2.45) is 0 Å². The van der Waals surface area contributed by atoms with Crippen LogP contribution < -0.4 is 14.2 Å². The summed E-state index contributed by atoms with van der Waals surface area (Å²) in [6, 6.07) is 51.6. The minimum atomic E-state index is 0. The summed E-state index contributed by atoms with van der Waals surface area (Å²) in [5.41, 5.74) is 7.02. The number of aromatic nitrogens is 3. The summed E-state index contributed by atoms with van der Waals surface area (Å²) in [4.78, 5) is 33.1. The van der Waals surface area contributed by atoms with E-state index in [2.05, 4.69) is 129 Å². The topological polar surface area (TPSA) is 93.2 Å². The quantitative estimate of drug-likeness (QED) is 0.0734.